The predicted molar refractivity (Wildman–Crippen MR) is 96.6 cm³/mol. The molecule has 1 aliphatic rings. The van der Waals surface area contributed by atoms with E-state index >= 15 is 0 Å². The van der Waals surface area contributed by atoms with Crippen molar-refractivity contribution in [2.45, 2.75) is 24.8 Å². The van der Waals surface area contributed by atoms with Crippen LogP contribution in [0.4, 0.5) is 26.1 Å². The highest BCUT2D eigenvalue weighted by atomic mass is 19.3. The van der Waals surface area contributed by atoms with E-state index in [1.165, 1.54) is 0 Å². The van der Waals surface area contributed by atoms with Gasteiger partial charge in [0.2, 0.25) is 0 Å². The molecule has 3 aromatic rings. The average molecular weight is 353 g/mol. The highest BCUT2D eigenvalue weighted by Crippen LogP contribution is 2.39. The summed E-state index contributed by atoms with van der Waals surface area (Å²) >= 11 is 0. The fraction of sp³-hybridized carbons (Fsp3) is 0.211. The van der Waals surface area contributed by atoms with Crippen LogP contribution in [-0.2, 0) is 0 Å². The van der Waals surface area contributed by atoms with E-state index in [0.717, 1.165) is 11.3 Å². The fourth-order valence-corrected chi connectivity index (χ4v) is 2.86. The van der Waals surface area contributed by atoms with Crippen molar-refractivity contribution in [1.82, 2.24) is 15.0 Å². The number of benzene rings is 1. The predicted octanol–water partition coefficient (Wildman–Crippen LogP) is 4.49. The normalized spacial score (nSPS) is 15.9. The number of halogens is 2. The Bertz CT molecular complexity index is 879. The molecular formula is C19H17F2N5. The maximum absolute atomic E-state index is 13.1. The van der Waals surface area contributed by atoms with Gasteiger partial charge in [0, 0.05) is 48.6 Å². The van der Waals surface area contributed by atoms with Crippen molar-refractivity contribution >= 4 is 17.3 Å². The maximum atomic E-state index is 13.1. The molecule has 2 aromatic heterocycles. The summed E-state index contributed by atoms with van der Waals surface area (Å²) in [4.78, 5) is 13.0. The van der Waals surface area contributed by atoms with Crippen LogP contribution in [0.25, 0.3) is 11.4 Å². The summed E-state index contributed by atoms with van der Waals surface area (Å²) in [6.45, 7) is 0. The number of pyridine rings is 1. The zero-order valence-corrected chi connectivity index (χ0v) is 13.9. The van der Waals surface area contributed by atoms with Crippen LogP contribution in [0.5, 0.6) is 0 Å². The van der Waals surface area contributed by atoms with Gasteiger partial charge in [0.1, 0.15) is 11.6 Å². The van der Waals surface area contributed by atoms with Gasteiger partial charge in [-0.2, -0.15) is 0 Å². The van der Waals surface area contributed by atoms with Crippen LogP contribution in [0.15, 0.2) is 60.9 Å². The molecule has 5 nitrogen and oxygen atoms in total. The SMILES string of the molecule is FC1(F)CC(Nc2cc(Nc3ccncc3)nc(-c3ccccc3)n2)C1. The molecule has 1 saturated carbocycles. The van der Waals surface area contributed by atoms with Crippen molar-refractivity contribution in [2.75, 3.05) is 10.6 Å². The molecule has 2 N–H and O–H groups in total. The van der Waals surface area contributed by atoms with Crippen LogP contribution >= 0.6 is 0 Å². The second-order valence-electron chi connectivity index (χ2n) is 6.29. The summed E-state index contributed by atoms with van der Waals surface area (Å²) in [5, 5.41) is 6.29. The maximum Gasteiger partial charge on any atom is 0.252 e. The molecule has 1 aromatic carbocycles. The summed E-state index contributed by atoms with van der Waals surface area (Å²) in [7, 11) is 0. The van der Waals surface area contributed by atoms with E-state index in [9.17, 15) is 8.78 Å². The molecule has 4 rings (SSSR count). The van der Waals surface area contributed by atoms with Crippen LogP contribution in [0, 0.1) is 0 Å². The Morgan fingerprint density at radius 2 is 1.62 bits per heavy atom. The van der Waals surface area contributed by atoms with Crippen LogP contribution in [0.1, 0.15) is 12.8 Å². The van der Waals surface area contributed by atoms with Crippen LogP contribution in [0.3, 0.4) is 0 Å². The number of hydrogen-bond acceptors (Lipinski definition) is 5. The zero-order chi connectivity index (χ0) is 18.0. The van der Waals surface area contributed by atoms with E-state index in [1.807, 2.05) is 42.5 Å². The van der Waals surface area contributed by atoms with Gasteiger partial charge in [-0.15, -0.1) is 0 Å². The van der Waals surface area contributed by atoms with Gasteiger partial charge in [-0.1, -0.05) is 30.3 Å². The van der Waals surface area contributed by atoms with E-state index in [2.05, 4.69) is 25.6 Å². The smallest absolute Gasteiger partial charge is 0.252 e. The monoisotopic (exact) mass is 353 g/mol. The van der Waals surface area contributed by atoms with Gasteiger partial charge in [-0.05, 0) is 12.1 Å². The quantitative estimate of drug-likeness (QED) is 0.707. The Kier molecular flexibility index (Phi) is 4.20. The topological polar surface area (TPSA) is 62.7 Å². The van der Waals surface area contributed by atoms with Crippen LogP contribution < -0.4 is 10.6 Å². The summed E-state index contributed by atoms with van der Waals surface area (Å²) in [5.41, 5.74) is 1.69. The van der Waals surface area contributed by atoms with Crippen molar-refractivity contribution < 1.29 is 8.78 Å². The van der Waals surface area contributed by atoms with E-state index in [-0.39, 0.29) is 18.9 Å². The largest absolute Gasteiger partial charge is 0.367 e. The van der Waals surface area contributed by atoms with E-state index in [0.29, 0.717) is 17.5 Å². The Labute approximate surface area is 149 Å². The number of nitrogens with one attached hydrogen (secondary N) is 2. The first-order valence-corrected chi connectivity index (χ1v) is 8.33. The van der Waals surface area contributed by atoms with E-state index < -0.39 is 5.92 Å². The number of alkyl halides is 2. The van der Waals surface area contributed by atoms with Gasteiger partial charge in [0.15, 0.2) is 5.82 Å². The lowest BCUT2D eigenvalue weighted by atomic mass is 9.88. The van der Waals surface area contributed by atoms with Crippen LogP contribution in [-0.4, -0.2) is 26.9 Å². The first-order chi connectivity index (χ1) is 12.6. The molecule has 0 spiro atoms. The number of hydrogen-bond donors (Lipinski definition) is 2. The molecule has 0 amide bonds. The Balaban J connectivity index is 1.63. The molecule has 0 saturated heterocycles. The minimum absolute atomic E-state index is 0.176. The Morgan fingerprint density at radius 1 is 0.923 bits per heavy atom. The second-order valence-corrected chi connectivity index (χ2v) is 6.29. The molecule has 132 valence electrons. The Hall–Kier alpha value is -3.09. The lowest BCUT2D eigenvalue weighted by Gasteiger charge is -2.35. The molecule has 2 heterocycles. The highest BCUT2D eigenvalue weighted by Gasteiger charge is 2.45. The van der Waals surface area contributed by atoms with Crippen LogP contribution in [0.2, 0.25) is 0 Å². The van der Waals surface area contributed by atoms with Gasteiger partial charge in [0.25, 0.3) is 5.92 Å². The molecular weight excluding hydrogens is 336 g/mol. The molecule has 7 heteroatoms. The zero-order valence-electron chi connectivity index (χ0n) is 13.9. The van der Waals surface area contributed by atoms with Gasteiger partial charge in [0.05, 0.1) is 0 Å². The van der Waals surface area contributed by atoms with Crippen molar-refractivity contribution in [3.63, 3.8) is 0 Å². The molecule has 1 fully saturated rings. The minimum atomic E-state index is -2.58. The summed E-state index contributed by atoms with van der Waals surface area (Å²) < 4.78 is 26.2. The van der Waals surface area contributed by atoms with Gasteiger partial charge < -0.3 is 10.6 Å². The highest BCUT2D eigenvalue weighted by molar-refractivity contribution is 5.65. The summed E-state index contributed by atoms with van der Waals surface area (Å²) in [6.07, 6.45) is 3.00. The summed E-state index contributed by atoms with van der Waals surface area (Å²) in [6, 6.07) is 14.6. The van der Waals surface area contributed by atoms with Crippen molar-refractivity contribution in [3.05, 3.63) is 60.9 Å². The number of nitrogens with zero attached hydrogens (tertiary/aromatic N) is 3. The molecule has 0 radical (unpaired) electrons. The second kappa shape index (κ2) is 6.67. The minimum Gasteiger partial charge on any atom is -0.367 e. The average Bonchev–Trinajstić information content (AvgIpc) is 2.62. The van der Waals surface area contributed by atoms with Crippen molar-refractivity contribution in [3.8, 4) is 11.4 Å². The van der Waals surface area contributed by atoms with E-state index in [1.54, 1.807) is 18.5 Å². The molecule has 0 atom stereocenters. The lowest BCUT2D eigenvalue weighted by Crippen LogP contribution is -2.44. The van der Waals surface area contributed by atoms with Crippen molar-refractivity contribution in [1.29, 1.82) is 0 Å². The molecule has 1 aliphatic carbocycles. The molecule has 0 bridgehead atoms. The third kappa shape index (κ3) is 3.77. The number of rotatable bonds is 5. The molecule has 26 heavy (non-hydrogen) atoms. The fourth-order valence-electron chi connectivity index (χ4n) is 2.86. The lowest BCUT2D eigenvalue weighted by molar-refractivity contribution is -0.0794. The van der Waals surface area contributed by atoms with Gasteiger partial charge >= 0.3 is 0 Å². The third-order valence-electron chi connectivity index (χ3n) is 4.15. The first-order valence-electron chi connectivity index (χ1n) is 8.33. The van der Waals surface area contributed by atoms with Gasteiger partial charge in [-0.25, -0.2) is 18.7 Å². The van der Waals surface area contributed by atoms with E-state index in [4.69, 9.17) is 0 Å². The number of aromatic nitrogens is 3. The molecule has 0 aliphatic heterocycles. The molecule has 0 unspecified atom stereocenters. The third-order valence-corrected chi connectivity index (χ3v) is 4.15. The number of anilines is 3. The van der Waals surface area contributed by atoms with Gasteiger partial charge in [-0.3, -0.25) is 4.98 Å². The summed E-state index contributed by atoms with van der Waals surface area (Å²) in [5.74, 6) is -0.946. The first kappa shape index (κ1) is 16.4. The Morgan fingerprint density at radius 3 is 2.31 bits per heavy atom. The standard InChI is InChI=1S/C19H17F2N5/c20-19(21)11-15(12-19)24-17-10-16(23-14-6-8-22-9-7-14)25-18(26-17)13-4-2-1-3-5-13/h1-10,15H,11-12H2,(H2,22,23,24,25,26). The van der Waals surface area contributed by atoms with Crippen molar-refractivity contribution in [2.24, 2.45) is 0 Å².